The normalized spacial score (nSPS) is 22.0. The summed E-state index contributed by atoms with van der Waals surface area (Å²) in [7, 11) is 0. The average Bonchev–Trinajstić information content (AvgIpc) is 3.05. The molecule has 0 aliphatic carbocycles. The summed E-state index contributed by atoms with van der Waals surface area (Å²) in [5.74, 6) is -0.837. The largest absolute Gasteiger partial charge is 0.283 e. The summed E-state index contributed by atoms with van der Waals surface area (Å²) in [5, 5.41) is 0.472. The van der Waals surface area contributed by atoms with Gasteiger partial charge in [-0.15, -0.1) is 11.8 Å². The molecule has 25 heavy (non-hydrogen) atoms. The number of para-hydroxylation sites is 1. The number of imide groups is 1. The second kappa shape index (κ2) is 5.61. The van der Waals surface area contributed by atoms with Crippen LogP contribution in [0.3, 0.4) is 0 Å². The maximum atomic E-state index is 13.3. The van der Waals surface area contributed by atoms with Crippen LogP contribution in [0.4, 0.5) is 11.4 Å². The Hall–Kier alpha value is -2.31. The molecule has 2 aliphatic rings. The first-order chi connectivity index (χ1) is 12.0. The third-order valence-corrected chi connectivity index (χ3v) is 5.97. The van der Waals surface area contributed by atoms with Crippen molar-refractivity contribution < 1.29 is 14.4 Å². The van der Waals surface area contributed by atoms with Gasteiger partial charge >= 0.3 is 0 Å². The van der Waals surface area contributed by atoms with Gasteiger partial charge in [-0.1, -0.05) is 35.9 Å². The molecule has 7 heteroatoms. The number of carbonyl (C=O) groups excluding carboxylic acids is 3. The van der Waals surface area contributed by atoms with Crippen molar-refractivity contribution in [2.45, 2.75) is 11.8 Å². The highest BCUT2D eigenvalue weighted by molar-refractivity contribution is 8.02. The molecule has 0 bridgehead atoms. The fraction of sp³-hybridized carbons (Fsp3) is 0.167. The number of amides is 3. The van der Waals surface area contributed by atoms with E-state index in [1.165, 1.54) is 23.6 Å². The fourth-order valence-electron chi connectivity index (χ4n) is 3.41. The first-order valence-electron chi connectivity index (χ1n) is 7.64. The molecule has 1 spiro atoms. The van der Waals surface area contributed by atoms with Crippen molar-refractivity contribution in [1.82, 2.24) is 0 Å². The van der Waals surface area contributed by atoms with Crippen LogP contribution in [0.25, 0.3) is 0 Å². The molecule has 2 aliphatic heterocycles. The van der Waals surface area contributed by atoms with Gasteiger partial charge in [0.15, 0.2) is 0 Å². The lowest BCUT2D eigenvalue weighted by Crippen LogP contribution is -2.50. The number of halogens is 1. The van der Waals surface area contributed by atoms with Gasteiger partial charge in [-0.2, -0.15) is 0 Å². The molecule has 2 aromatic carbocycles. The van der Waals surface area contributed by atoms with E-state index in [1.807, 2.05) is 0 Å². The number of thioether (sulfide) groups is 1. The van der Waals surface area contributed by atoms with E-state index < -0.39 is 10.8 Å². The molecule has 0 N–H and O–H groups in total. The van der Waals surface area contributed by atoms with Gasteiger partial charge in [-0.05, 0) is 24.3 Å². The number of rotatable bonds is 1. The summed E-state index contributed by atoms with van der Waals surface area (Å²) >= 11 is 7.32. The van der Waals surface area contributed by atoms with Crippen molar-refractivity contribution in [2.75, 3.05) is 15.6 Å². The molecular formula is C18H13ClN2O3S. The highest BCUT2D eigenvalue weighted by Crippen LogP contribution is 2.55. The topological polar surface area (TPSA) is 57.7 Å². The minimum absolute atomic E-state index is 0.151. The standard InChI is InChI=1S/C18H13ClN2O3S/c1-11(22)20-15-8-3-2-7-14(15)18(17(20)24)21(16(23)10-25-18)13-6-4-5-12(19)9-13/h2-9H,10H2,1H3/t18-/m1/s1. The molecular weight excluding hydrogens is 360 g/mol. The van der Waals surface area contributed by atoms with Gasteiger partial charge in [-0.25, -0.2) is 4.90 Å². The smallest absolute Gasteiger partial charge is 0.275 e. The van der Waals surface area contributed by atoms with E-state index in [2.05, 4.69) is 0 Å². The minimum atomic E-state index is -1.27. The fourth-order valence-corrected chi connectivity index (χ4v) is 4.94. The van der Waals surface area contributed by atoms with Crippen LogP contribution in [-0.2, 0) is 19.3 Å². The Bertz CT molecular complexity index is 932. The van der Waals surface area contributed by atoms with Crippen LogP contribution in [0.1, 0.15) is 12.5 Å². The van der Waals surface area contributed by atoms with Gasteiger partial charge in [0.05, 0.1) is 11.4 Å². The lowest BCUT2D eigenvalue weighted by atomic mass is 10.0. The highest BCUT2D eigenvalue weighted by Gasteiger charge is 2.61. The number of carbonyl (C=O) groups is 3. The lowest BCUT2D eigenvalue weighted by Gasteiger charge is -2.33. The first-order valence-corrected chi connectivity index (χ1v) is 9.00. The Labute approximate surface area is 153 Å². The quantitative estimate of drug-likeness (QED) is 0.771. The van der Waals surface area contributed by atoms with Gasteiger partial charge in [0, 0.05) is 23.2 Å². The molecule has 0 saturated carbocycles. The van der Waals surface area contributed by atoms with E-state index in [0.29, 0.717) is 22.0 Å². The first kappa shape index (κ1) is 16.2. The number of nitrogens with zero attached hydrogens (tertiary/aromatic N) is 2. The van der Waals surface area contributed by atoms with Crippen molar-refractivity contribution in [2.24, 2.45) is 0 Å². The predicted octanol–water partition coefficient (Wildman–Crippen LogP) is 3.17. The molecule has 1 fully saturated rings. The van der Waals surface area contributed by atoms with Gasteiger partial charge in [0.1, 0.15) is 0 Å². The third kappa shape index (κ3) is 2.14. The second-order valence-electron chi connectivity index (χ2n) is 5.82. The molecule has 5 nitrogen and oxygen atoms in total. The molecule has 2 aromatic rings. The second-order valence-corrected chi connectivity index (χ2v) is 7.42. The maximum absolute atomic E-state index is 13.3. The van der Waals surface area contributed by atoms with Gasteiger partial charge in [0.2, 0.25) is 16.7 Å². The number of hydrogen-bond donors (Lipinski definition) is 0. The van der Waals surface area contributed by atoms with Crippen molar-refractivity contribution in [3.8, 4) is 0 Å². The molecule has 0 aromatic heterocycles. The zero-order valence-corrected chi connectivity index (χ0v) is 14.8. The molecule has 1 saturated heterocycles. The van der Waals surface area contributed by atoms with E-state index in [0.717, 1.165) is 4.90 Å². The Balaban J connectivity index is 1.97. The Morgan fingerprint density at radius 3 is 2.64 bits per heavy atom. The van der Waals surface area contributed by atoms with Crippen molar-refractivity contribution in [3.05, 3.63) is 59.1 Å². The average molecular weight is 373 g/mol. The minimum Gasteiger partial charge on any atom is -0.283 e. The maximum Gasteiger partial charge on any atom is 0.275 e. The van der Waals surface area contributed by atoms with Crippen LogP contribution in [0.5, 0.6) is 0 Å². The van der Waals surface area contributed by atoms with E-state index in [4.69, 9.17) is 11.6 Å². The van der Waals surface area contributed by atoms with Crippen LogP contribution in [0.2, 0.25) is 5.02 Å². The van der Waals surface area contributed by atoms with Crippen LogP contribution >= 0.6 is 23.4 Å². The van der Waals surface area contributed by atoms with Crippen molar-refractivity contribution in [1.29, 1.82) is 0 Å². The van der Waals surface area contributed by atoms with Crippen LogP contribution < -0.4 is 9.80 Å². The summed E-state index contributed by atoms with van der Waals surface area (Å²) in [5.41, 5.74) is 1.70. The van der Waals surface area contributed by atoms with Gasteiger partial charge in [-0.3, -0.25) is 19.3 Å². The molecule has 126 valence electrons. The molecule has 0 radical (unpaired) electrons. The van der Waals surface area contributed by atoms with Crippen molar-refractivity contribution in [3.63, 3.8) is 0 Å². The van der Waals surface area contributed by atoms with Crippen LogP contribution in [0, 0.1) is 0 Å². The van der Waals surface area contributed by atoms with E-state index >= 15 is 0 Å². The van der Waals surface area contributed by atoms with Gasteiger partial charge in [0.25, 0.3) is 5.91 Å². The summed E-state index contributed by atoms with van der Waals surface area (Å²) in [6, 6.07) is 13.9. The van der Waals surface area contributed by atoms with Gasteiger partial charge < -0.3 is 0 Å². The van der Waals surface area contributed by atoms with Crippen LogP contribution in [-0.4, -0.2) is 23.5 Å². The third-order valence-electron chi connectivity index (χ3n) is 4.35. The van der Waals surface area contributed by atoms with Crippen molar-refractivity contribution >= 4 is 52.5 Å². The number of benzene rings is 2. The number of anilines is 2. The molecule has 3 amide bonds. The zero-order valence-electron chi connectivity index (χ0n) is 13.2. The molecule has 4 rings (SSSR count). The van der Waals surface area contributed by atoms with E-state index in [-0.39, 0.29) is 17.6 Å². The zero-order chi connectivity index (χ0) is 17.8. The molecule has 2 heterocycles. The summed E-state index contributed by atoms with van der Waals surface area (Å²) in [6.07, 6.45) is 0. The monoisotopic (exact) mass is 372 g/mol. The highest BCUT2D eigenvalue weighted by atomic mass is 35.5. The van der Waals surface area contributed by atoms with Crippen LogP contribution in [0.15, 0.2) is 48.5 Å². The van der Waals surface area contributed by atoms with E-state index in [9.17, 15) is 14.4 Å². The predicted molar refractivity (Wildman–Crippen MR) is 97.7 cm³/mol. The summed E-state index contributed by atoms with van der Waals surface area (Å²) in [6.45, 7) is 1.35. The Morgan fingerprint density at radius 2 is 1.92 bits per heavy atom. The SMILES string of the molecule is CC(=O)N1C(=O)[C@]2(SCC(=O)N2c2cccc(Cl)c2)c2ccccc21. The van der Waals surface area contributed by atoms with E-state index in [1.54, 1.807) is 48.5 Å². The number of fused-ring (bicyclic) bond motifs is 2. The lowest BCUT2D eigenvalue weighted by molar-refractivity contribution is -0.128. The molecule has 1 atom stereocenters. The molecule has 0 unspecified atom stereocenters. The summed E-state index contributed by atoms with van der Waals surface area (Å²) < 4.78 is 0. The Kier molecular flexibility index (Phi) is 3.63. The number of hydrogen-bond acceptors (Lipinski definition) is 4. The Morgan fingerprint density at radius 1 is 1.16 bits per heavy atom. The summed E-state index contributed by atoms with van der Waals surface area (Å²) in [4.78, 5) is 39.4.